The van der Waals surface area contributed by atoms with Gasteiger partial charge in [0.1, 0.15) is 5.82 Å². The normalized spacial score (nSPS) is 26.3. The summed E-state index contributed by atoms with van der Waals surface area (Å²) in [6.07, 6.45) is 0.843. The molecule has 1 heterocycles. The van der Waals surface area contributed by atoms with E-state index in [2.05, 4.69) is 54.2 Å². The minimum atomic E-state index is -0.858. The summed E-state index contributed by atoms with van der Waals surface area (Å²) < 4.78 is 15.9. The molecule has 0 aromatic heterocycles. The third-order valence-electron chi connectivity index (χ3n) is 5.19. The second-order valence-corrected chi connectivity index (χ2v) is 9.74. The van der Waals surface area contributed by atoms with E-state index < -0.39 is 5.54 Å². The zero-order valence-electron chi connectivity index (χ0n) is 15.3. The van der Waals surface area contributed by atoms with E-state index in [4.69, 9.17) is 17.3 Å². The van der Waals surface area contributed by atoms with Crippen molar-refractivity contribution >= 4 is 27.5 Å². The van der Waals surface area contributed by atoms with E-state index in [9.17, 15) is 4.39 Å². The number of hydrogen-bond donors (Lipinski definition) is 2. The third kappa shape index (κ3) is 3.84. The largest absolute Gasteiger partial charge is 0.319 e. The Morgan fingerprint density at radius 2 is 2.00 bits per heavy atom. The van der Waals surface area contributed by atoms with E-state index in [1.165, 1.54) is 6.07 Å². The second-order valence-electron chi connectivity index (χ2n) is 8.39. The Morgan fingerprint density at radius 1 is 1.27 bits per heavy atom. The molecular formula is C21H25BrClFN2. The van der Waals surface area contributed by atoms with Crippen LogP contribution in [0.3, 0.4) is 0 Å². The number of hydrogen-bond acceptors (Lipinski definition) is 2. The summed E-state index contributed by atoms with van der Waals surface area (Å²) >= 11 is 9.52. The first kappa shape index (κ1) is 19.8. The third-order valence-corrected chi connectivity index (χ3v) is 5.92. The minimum Gasteiger partial charge on any atom is -0.319 e. The highest BCUT2D eigenvalue weighted by molar-refractivity contribution is 9.10. The maximum Gasteiger partial charge on any atom is 0.129 e. The van der Waals surface area contributed by atoms with E-state index in [1.807, 2.05) is 12.1 Å². The van der Waals surface area contributed by atoms with Crippen LogP contribution in [0.1, 0.15) is 44.2 Å². The van der Waals surface area contributed by atoms with Gasteiger partial charge < -0.3 is 11.1 Å². The highest BCUT2D eigenvalue weighted by atomic mass is 79.9. The molecule has 3 rings (SSSR count). The monoisotopic (exact) mass is 438 g/mol. The molecule has 0 aliphatic carbocycles. The fourth-order valence-corrected chi connectivity index (χ4v) is 4.60. The van der Waals surface area contributed by atoms with Crippen molar-refractivity contribution in [3.63, 3.8) is 0 Å². The fourth-order valence-electron chi connectivity index (χ4n) is 4.03. The van der Waals surface area contributed by atoms with Crippen molar-refractivity contribution in [3.05, 3.63) is 68.9 Å². The van der Waals surface area contributed by atoms with Gasteiger partial charge in [-0.3, -0.25) is 0 Å². The van der Waals surface area contributed by atoms with Crippen molar-refractivity contribution in [2.75, 3.05) is 6.54 Å². The molecule has 3 atom stereocenters. The van der Waals surface area contributed by atoms with Crippen molar-refractivity contribution in [1.29, 1.82) is 0 Å². The van der Waals surface area contributed by atoms with Gasteiger partial charge in [0.2, 0.25) is 0 Å². The molecule has 2 nitrogen and oxygen atoms in total. The molecule has 26 heavy (non-hydrogen) atoms. The van der Waals surface area contributed by atoms with Crippen LogP contribution in [0.5, 0.6) is 0 Å². The zero-order chi connectivity index (χ0) is 19.1. The summed E-state index contributed by atoms with van der Waals surface area (Å²) in [4.78, 5) is 0. The lowest BCUT2D eigenvalue weighted by Crippen LogP contribution is -2.52. The Balaban J connectivity index is 2.13. The van der Waals surface area contributed by atoms with Crippen LogP contribution < -0.4 is 11.1 Å². The van der Waals surface area contributed by atoms with Gasteiger partial charge in [-0.1, -0.05) is 66.5 Å². The lowest BCUT2D eigenvalue weighted by atomic mass is 9.70. The van der Waals surface area contributed by atoms with Crippen LogP contribution in [0.25, 0.3) is 0 Å². The second kappa shape index (κ2) is 7.23. The molecule has 5 heteroatoms. The first-order chi connectivity index (χ1) is 12.1. The average Bonchev–Trinajstić information content (AvgIpc) is 2.83. The summed E-state index contributed by atoms with van der Waals surface area (Å²) in [5.41, 5.74) is 7.87. The van der Waals surface area contributed by atoms with Gasteiger partial charge in [0.15, 0.2) is 0 Å². The van der Waals surface area contributed by atoms with Gasteiger partial charge in [-0.15, -0.1) is 0 Å². The van der Waals surface area contributed by atoms with Gasteiger partial charge in [0, 0.05) is 33.6 Å². The summed E-state index contributed by atoms with van der Waals surface area (Å²) in [6, 6.07) is 12.9. The van der Waals surface area contributed by atoms with Crippen molar-refractivity contribution in [2.24, 2.45) is 11.1 Å². The summed E-state index contributed by atoms with van der Waals surface area (Å²) in [5.74, 6) is -0.384. The molecule has 1 aliphatic heterocycles. The van der Waals surface area contributed by atoms with Gasteiger partial charge >= 0.3 is 0 Å². The Hall–Kier alpha value is -0.940. The summed E-state index contributed by atoms with van der Waals surface area (Å²) in [5, 5.41) is 3.95. The Bertz CT molecular complexity index is 805. The maximum absolute atomic E-state index is 14.9. The van der Waals surface area contributed by atoms with Gasteiger partial charge in [0.25, 0.3) is 0 Å². The standard InChI is InChI=1S/C21H25BrClFN2/c1-20(2,3)11-19-21(25,16-8-7-15(23)10-18(16)24)17(12-26-19)13-5-4-6-14(22)9-13/h4-10,17,19,26H,11-12,25H2,1-3H3/t17-,19+,21+/m1/s1. The topological polar surface area (TPSA) is 38.0 Å². The molecular weight excluding hydrogens is 415 g/mol. The summed E-state index contributed by atoms with van der Waals surface area (Å²) in [6.45, 7) is 7.25. The molecule has 2 aromatic carbocycles. The van der Waals surface area contributed by atoms with Gasteiger partial charge in [-0.05, 0) is 41.7 Å². The number of rotatable bonds is 3. The minimum absolute atomic E-state index is 0.0389. The quantitative estimate of drug-likeness (QED) is 0.654. The number of nitrogens with two attached hydrogens (primary N) is 1. The van der Waals surface area contributed by atoms with Gasteiger partial charge in [0.05, 0.1) is 5.54 Å². The predicted molar refractivity (Wildman–Crippen MR) is 110 cm³/mol. The maximum atomic E-state index is 14.9. The first-order valence-electron chi connectivity index (χ1n) is 8.84. The molecule has 1 fully saturated rings. The van der Waals surface area contributed by atoms with Crippen molar-refractivity contribution < 1.29 is 4.39 Å². The Kier molecular flexibility index (Phi) is 5.51. The first-order valence-corrected chi connectivity index (χ1v) is 10.0. The number of benzene rings is 2. The van der Waals surface area contributed by atoms with E-state index in [1.54, 1.807) is 12.1 Å². The molecule has 2 aromatic rings. The van der Waals surface area contributed by atoms with E-state index >= 15 is 0 Å². The molecule has 0 saturated carbocycles. The molecule has 140 valence electrons. The van der Waals surface area contributed by atoms with E-state index in [-0.39, 0.29) is 23.2 Å². The summed E-state index contributed by atoms with van der Waals surface area (Å²) in [7, 11) is 0. The van der Waals surface area contributed by atoms with E-state index in [0.717, 1.165) is 16.5 Å². The van der Waals surface area contributed by atoms with Gasteiger partial charge in [-0.25, -0.2) is 4.39 Å². The zero-order valence-corrected chi connectivity index (χ0v) is 17.7. The predicted octanol–water partition coefficient (Wildman–Crippen LogP) is 5.59. The molecule has 0 unspecified atom stereocenters. The molecule has 0 amide bonds. The van der Waals surface area contributed by atoms with E-state index in [0.29, 0.717) is 17.1 Å². The lowest BCUT2D eigenvalue weighted by Gasteiger charge is -2.39. The Morgan fingerprint density at radius 3 is 2.62 bits per heavy atom. The van der Waals surface area contributed by atoms with Crippen LogP contribution >= 0.6 is 27.5 Å². The number of nitrogens with one attached hydrogen (secondary N) is 1. The average molecular weight is 440 g/mol. The van der Waals surface area contributed by atoms with Crippen LogP contribution in [0.2, 0.25) is 5.02 Å². The van der Waals surface area contributed by atoms with Crippen LogP contribution in [0.4, 0.5) is 4.39 Å². The molecule has 1 saturated heterocycles. The highest BCUT2D eigenvalue weighted by Crippen LogP contribution is 2.46. The molecule has 0 bridgehead atoms. The highest BCUT2D eigenvalue weighted by Gasteiger charge is 2.51. The van der Waals surface area contributed by atoms with Crippen LogP contribution in [0, 0.1) is 11.2 Å². The lowest BCUT2D eigenvalue weighted by molar-refractivity contribution is 0.246. The van der Waals surface area contributed by atoms with Crippen LogP contribution in [0.15, 0.2) is 46.9 Å². The van der Waals surface area contributed by atoms with Crippen molar-refractivity contribution in [2.45, 2.75) is 44.7 Å². The number of halogens is 3. The van der Waals surface area contributed by atoms with Crippen LogP contribution in [-0.4, -0.2) is 12.6 Å². The molecule has 1 aliphatic rings. The molecule has 0 radical (unpaired) electrons. The Labute approximate surface area is 168 Å². The molecule has 3 N–H and O–H groups in total. The van der Waals surface area contributed by atoms with Gasteiger partial charge in [-0.2, -0.15) is 0 Å². The smallest absolute Gasteiger partial charge is 0.129 e. The van der Waals surface area contributed by atoms with Crippen molar-refractivity contribution in [1.82, 2.24) is 5.32 Å². The SMILES string of the molecule is CC(C)(C)C[C@@H]1NC[C@H](c2cccc(Br)c2)[C@@]1(N)c1ccc(Cl)cc1F. The van der Waals surface area contributed by atoms with Crippen molar-refractivity contribution in [3.8, 4) is 0 Å². The molecule has 0 spiro atoms. The van der Waals surface area contributed by atoms with Crippen LogP contribution in [-0.2, 0) is 5.54 Å². The fraction of sp³-hybridized carbons (Fsp3) is 0.429.